The van der Waals surface area contributed by atoms with Crippen LogP contribution in [0.1, 0.15) is 16.1 Å². The Bertz CT molecular complexity index is 627. The summed E-state index contributed by atoms with van der Waals surface area (Å²) in [5, 5.41) is 12.8. The van der Waals surface area contributed by atoms with Gasteiger partial charge in [-0.05, 0) is 18.2 Å². The number of aryl methyl sites for hydroxylation is 1. The number of hydrogen-bond acceptors (Lipinski definition) is 3. The molecule has 19 heavy (non-hydrogen) atoms. The van der Waals surface area contributed by atoms with Gasteiger partial charge in [-0.3, -0.25) is 4.68 Å². The van der Waals surface area contributed by atoms with E-state index in [9.17, 15) is 9.18 Å². The van der Waals surface area contributed by atoms with E-state index >= 15 is 0 Å². The average molecular weight is 329 g/mol. The van der Waals surface area contributed by atoms with Crippen LogP contribution >= 0.6 is 15.9 Å². The number of hydrogen-bond donors (Lipinski definition) is 1. The van der Waals surface area contributed by atoms with Crippen molar-refractivity contribution in [1.29, 1.82) is 0 Å². The van der Waals surface area contributed by atoms with Gasteiger partial charge in [-0.1, -0.05) is 15.9 Å². The summed E-state index contributed by atoms with van der Waals surface area (Å²) in [6, 6.07) is 4.29. The SMILES string of the molecule is Cn1ncc(C(=O)O)c1COc1cc(Br)ccc1F. The third-order valence-electron chi connectivity index (χ3n) is 2.55. The monoisotopic (exact) mass is 328 g/mol. The van der Waals surface area contributed by atoms with Crippen LogP contribution in [0.3, 0.4) is 0 Å². The number of carboxylic acids is 1. The Morgan fingerprint density at radius 3 is 3.00 bits per heavy atom. The summed E-state index contributed by atoms with van der Waals surface area (Å²) >= 11 is 3.21. The van der Waals surface area contributed by atoms with Crippen molar-refractivity contribution < 1.29 is 19.0 Å². The van der Waals surface area contributed by atoms with E-state index in [1.54, 1.807) is 13.1 Å². The number of carboxylic acid groups (broad SMARTS) is 1. The molecule has 1 heterocycles. The number of nitrogens with zero attached hydrogens (tertiary/aromatic N) is 2. The van der Waals surface area contributed by atoms with Crippen LogP contribution < -0.4 is 4.74 Å². The van der Waals surface area contributed by atoms with Crippen molar-refractivity contribution in [3.63, 3.8) is 0 Å². The van der Waals surface area contributed by atoms with Gasteiger partial charge in [-0.25, -0.2) is 9.18 Å². The number of halogens is 2. The maximum Gasteiger partial charge on any atom is 0.339 e. The van der Waals surface area contributed by atoms with E-state index in [0.29, 0.717) is 10.2 Å². The highest BCUT2D eigenvalue weighted by atomic mass is 79.9. The molecule has 7 heteroatoms. The minimum absolute atomic E-state index is 0.0397. The third-order valence-corrected chi connectivity index (χ3v) is 3.04. The van der Waals surface area contributed by atoms with E-state index in [1.165, 1.54) is 23.0 Å². The minimum atomic E-state index is -1.10. The topological polar surface area (TPSA) is 64.4 Å². The second-order valence-corrected chi connectivity index (χ2v) is 4.71. The minimum Gasteiger partial charge on any atom is -0.484 e. The Hall–Kier alpha value is -1.89. The first-order valence-corrected chi connectivity index (χ1v) is 6.10. The van der Waals surface area contributed by atoms with Crippen molar-refractivity contribution in [1.82, 2.24) is 9.78 Å². The zero-order chi connectivity index (χ0) is 14.0. The van der Waals surface area contributed by atoms with E-state index in [2.05, 4.69) is 21.0 Å². The Balaban J connectivity index is 2.21. The van der Waals surface area contributed by atoms with Crippen molar-refractivity contribution >= 4 is 21.9 Å². The summed E-state index contributed by atoms with van der Waals surface area (Å²) < 4.78 is 20.8. The normalized spacial score (nSPS) is 10.5. The Labute approximate surface area is 116 Å². The van der Waals surface area contributed by atoms with Crippen LogP contribution in [0.25, 0.3) is 0 Å². The van der Waals surface area contributed by atoms with Crippen molar-refractivity contribution in [3.05, 3.63) is 45.9 Å². The molecule has 0 aliphatic rings. The first-order valence-electron chi connectivity index (χ1n) is 5.31. The van der Waals surface area contributed by atoms with Crippen molar-refractivity contribution in [2.45, 2.75) is 6.61 Å². The molecular weight excluding hydrogens is 319 g/mol. The van der Waals surface area contributed by atoms with Gasteiger partial charge in [-0.15, -0.1) is 0 Å². The molecule has 0 unspecified atom stereocenters. The lowest BCUT2D eigenvalue weighted by Gasteiger charge is -2.08. The molecule has 5 nitrogen and oxygen atoms in total. The summed E-state index contributed by atoms with van der Waals surface area (Å²) in [6.45, 7) is -0.0779. The highest BCUT2D eigenvalue weighted by molar-refractivity contribution is 9.10. The Morgan fingerprint density at radius 1 is 1.58 bits per heavy atom. The molecule has 0 radical (unpaired) electrons. The van der Waals surface area contributed by atoms with Gasteiger partial charge in [0.05, 0.1) is 11.9 Å². The van der Waals surface area contributed by atoms with Crippen LogP contribution in [0.15, 0.2) is 28.9 Å². The first-order chi connectivity index (χ1) is 8.99. The van der Waals surface area contributed by atoms with Crippen molar-refractivity contribution in [2.24, 2.45) is 7.05 Å². The van der Waals surface area contributed by atoms with Gasteiger partial charge in [-0.2, -0.15) is 5.10 Å². The first kappa shape index (κ1) is 13.5. The predicted octanol–water partition coefficient (Wildman–Crippen LogP) is 2.60. The predicted molar refractivity (Wildman–Crippen MR) is 68.6 cm³/mol. The van der Waals surface area contributed by atoms with Gasteiger partial charge < -0.3 is 9.84 Å². The highest BCUT2D eigenvalue weighted by Gasteiger charge is 2.16. The summed E-state index contributed by atoms with van der Waals surface area (Å²) in [7, 11) is 1.60. The molecule has 0 aliphatic heterocycles. The molecule has 0 saturated carbocycles. The molecule has 0 aliphatic carbocycles. The maximum atomic E-state index is 13.5. The molecule has 0 spiro atoms. The lowest BCUT2D eigenvalue weighted by molar-refractivity contribution is 0.0693. The number of aromatic nitrogens is 2. The van der Waals surface area contributed by atoms with Crippen LogP contribution in [0.2, 0.25) is 0 Å². The largest absolute Gasteiger partial charge is 0.484 e. The molecule has 0 fully saturated rings. The molecule has 1 aromatic heterocycles. The van der Waals surface area contributed by atoms with Gasteiger partial charge in [0.15, 0.2) is 11.6 Å². The Morgan fingerprint density at radius 2 is 2.32 bits per heavy atom. The molecule has 0 bridgehead atoms. The number of aromatic carboxylic acids is 1. The number of rotatable bonds is 4. The van der Waals surface area contributed by atoms with Crippen LogP contribution in [0.5, 0.6) is 5.75 Å². The van der Waals surface area contributed by atoms with Crippen LogP contribution in [0, 0.1) is 5.82 Å². The second kappa shape index (κ2) is 5.40. The van der Waals surface area contributed by atoms with Gasteiger partial charge in [0, 0.05) is 11.5 Å². The fourth-order valence-corrected chi connectivity index (χ4v) is 1.89. The molecule has 1 aromatic carbocycles. The Kier molecular flexibility index (Phi) is 3.84. The maximum absolute atomic E-state index is 13.5. The zero-order valence-electron chi connectivity index (χ0n) is 9.93. The summed E-state index contributed by atoms with van der Waals surface area (Å²) in [4.78, 5) is 11.0. The standard InChI is InChI=1S/C12H10BrFN2O3/c1-16-10(8(5-15-16)12(17)18)6-19-11-4-7(13)2-3-9(11)14/h2-5H,6H2,1H3,(H,17,18). The molecule has 2 aromatic rings. The van der Waals surface area contributed by atoms with Gasteiger partial charge in [0.1, 0.15) is 12.2 Å². The van der Waals surface area contributed by atoms with Crippen LogP contribution in [0.4, 0.5) is 4.39 Å². The van der Waals surface area contributed by atoms with Gasteiger partial charge in [0.2, 0.25) is 0 Å². The molecular formula is C12H10BrFN2O3. The van der Waals surface area contributed by atoms with E-state index < -0.39 is 11.8 Å². The second-order valence-electron chi connectivity index (χ2n) is 3.80. The molecule has 0 amide bonds. The molecule has 0 saturated heterocycles. The number of carbonyl (C=O) groups is 1. The fourth-order valence-electron chi connectivity index (χ4n) is 1.55. The molecule has 0 atom stereocenters. The smallest absolute Gasteiger partial charge is 0.339 e. The summed E-state index contributed by atoms with van der Waals surface area (Å²) in [6.07, 6.45) is 1.23. The van der Waals surface area contributed by atoms with E-state index in [1.807, 2.05) is 0 Å². The van der Waals surface area contributed by atoms with Gasteiger partial charge >= 0.3 is 5.97 Å². The highest BCUT2D eigenvalue weighted by Crippen LogP contribution is 2.23. The van der Waals surface area contributed by atoms with Gasteiger partial charge in [0.25, 0.3) is 0 Å². The third kappa shape index (κ3) is 2.93. The fraction of sp³-hybridized carbons (Fsp3) is 0.167. The zero-order valence-corrected chi connectivity index (χ0v) is 11.5. The lowest BCUT2D eigenvalue weighted by atomic mass is 10.2. The van der Waals surface area contributed by atoms with Crippen LogP contribution in [-0.2, 0) is 13.7 Å². The molecule has 2 rings (SSSR count). The summed E-state index contributed by atoms with van der Waals surface area (Å²) in [5.74, 6) is -1.56. The van der Waals surface area contributed by atoms with E-state index in [4.69, 9.17) is 9.84 Å². The lowest BCUT2D eigenvalue weighted by Crippen LogP contribution is -2.09. The number of ether oxygens (including phenoxy) is 1. The van der Waals surface area contributed by atoms with Crippen LogP contribution in [-0.4, -0.2) is 20.9 Å². The summed E-state index contributed by atoms with van der Waals surface area (Å²) in [5.41, 5.74) is 0.407. The van der Waals surface area contributed by atoms with Crippen molar-refractivity contribution in [2.75, 3.05) is 0 Å². The van der Waals surface area contributed by atoms with Crippen molar-refractivity contribution in [3.8, 4) is 5.75 Å². The molecule has 1 N–H and O–H groups in total. The molecule has 100 valence electrons. The van der Waals surface area contributed by atoms with E-state index in [-0.39, 0.29) is 17.9 Å². The van der Waals surface area contributed by atoms with E-state index in [0.717, 1.165) is 0 Å². The quantitative estimate of drug-likeness (QED) is 0.936. The average Bonchev–Trinajstić information content (AvgIpc) is 2.72. The number of benzene rings is 1.